The summed E-state index contributed by atoms with van der Waals surface area (Å²) in [6.45, 7) is 5.69. The standard InChI is InChI=1S/C30H38N4O8/c1-30(2,3)25(27(35)36)34-29(38)42-24-13-17(24)9-7-6-8-10-21-26(41-19-15-23(31-16-19)28(37)40-5)33-22-14-18(39-4)11-12-20(22)32-21/h11-12,14,17,19,23-25,31H,6-7,9,13,15-16H2,1-5H3,(H,34,38)(H,35,36)/t17-,19-,23+,24-,25-/m1/s1. The number of carboxylic acids is 1. The van der Waals surface area contributed by atoms with Crippen molar-refractivity contribution in [3.05, 3.63) is 23.9 Å². The van der Waals surface area contributed by atoms with Crippen LogP contribution in [-0.2, 0) is 19.1 Å². The second-order valence-corrected chi connectivity index (χ2v) is 11.6. The van der Waals surface area contributed by atoms with Crippen LogP contribution in [0.15, 0.2) is 18.2 Å². The Kier molecular flexibility index (Phi) is 9.73. The van der Waals surface area contributed by atoms with Crippen molar-refractivity contribution in [2.24, 2.45) is 11.3 Å². The number of carbonyl (C=O) groups is 3. The number of esters is 1. The molecule has 1 aromatic carbocycles. The highest BCUT2D eigenvalue weighted by atomic mass is 16.6. The Morgan fingerprint density at radius 2 is 1.95 bits per heavy atom. The molecule has 4 rings (SSSR count). The summed E-state index contributed by atoms with van der Waals surface area (Å²) in [7, 11) is 2.93. The van der Waals surface area contributed by atoms with Crippen LogP contribution in [0.25, 0.3) is 11.0 Å². The zero-order valence-corrected chi connectivity index (χ0v) is 24.6. The minimum atomic E-state index is -1.10. The number of carboxylic acid groups (broad SMARTS) is 1. The molecule has 0 spiro atoms. The summed E-state index contributed by atoms with van der Waals surface area (Å²) in [5.41, 5.74) is 1.02. The molecule has 1 saturated heterocycles. The zero-order valence-electron chi connectivity index (χ0n) is 24.6. The molecule has 3 N–H and O–H groups in total. The minimum Gasteiger partial charge on any atom is -0.497 e. The largest absolute Gasteiger partial charge is 0.497 e. The number of hydrogen-bond donors (Lipinski definition) is 3. The molecule has 1 aliphatic heterocycles. The monoisotopic (exact) mass is 582 g/mol. The summed E-state index contributed by atoms with van der Waals surface area (Å²) in [6.07, 6.45) is 2.16. The van der Waals surface area contributed by atoms with Crippen molar-refractivity contribution in [1.29, 1.82) is 0 Å². The molecule has 0 bridgehead atoms. The highest BCUT2D eigenvalue weighted by Gasteiger charge is 2.41. The maximum Gasteiger partial charge on any atom is 0.408 e. The van der Waals surface area contributed by atoms with Crippen LogP contribution in [0, 0.1) is 23.2 Å². The number of nitrogens with one attached hydrogen (secondary N) is 2. The number of nitrogens with zero attached hydrogens (tertiary/aromatic N) is 2. The molecule has 2 aromatic rings. The Bertz CT molecular complexity index is 1380. The number of unbranched alkanes of at least 4 members (excludes halogenated alkanes) is 1. The topological polar surface area (TPSA) is 158 Å². The van der Waals surface area contributed by atoms with Gasteiger partial charge in [0, 0.05) is 25.5 Å². The summed E-state index contributed by atoms with van der Waals surface area (Å²) in [4.78, 5) is 44.9. The third-order valence-corrected chi connectivity index (χ3v) is 7.27. The first-order valence-electron chi connectivity index (χ1n) is 14.0. The van der Waals surface area contributed by atoms with Gasteiger partial charge in [0.25, 0.3) is 0 Å². The number of alkyl carbamates (subject to hydrolysis) is 1. The fourth-order valence-corrected chi connectivity index (χ4v) is 4.79. The highest BCUT2D eigenvalue weighted by Crippen LogP contribution is 2.38. The Morgan fingerprint density at radius 1 is 1.17 bits per heavy atom. The number of methoxy groups -OCH3 is 2. The van der Waals surface area contributed by atoms with E-state index in [-0.39, 0.29) is 30.0 Å². The van der Waals surface area contributed by atoms with Crippen LogP contribution >= 0.6 is 0 Å². The van der Waals surface area contributed by atoms with Crippen LogP contribution in [0.3, 0.4) is 0 Å². The lowest BCUT2D eigenvalue weighted by molar-refractivity contribution is -0.143. The van der Waals surface area contributed by atoms with Gasteiger partial charge >= 0.3 is 18.0 Å². The lowest BCUT2D eigenvalue weighted by atomic mass is 9.87. The van der Waals surface area contributed by atoms with Crippen molar-refractivity contribution in [3.63, 3.8) is 0 Å². The number of aromatic nitrogens is 2. The molecule has 12 nitrogen and oxygen atoms in total. The van der Waals surface area contributed by atoms with Gasteiger partial charge in [0.1, 0.15) is 30.0 Å². The number of hydrogen-bond acceptors (Lipinski definition) is 10. The number of aliphatic carboxylic acids is 1. The van der Waals surface area contributed by atoms with E-state index in [0.717, 1.165) is 19.3 Å². The molecule has 2 aliphatic rings. The molecule has 1 aromatic heterocycles. The molecule has 12 heteroatoms. The lowest BCUT2D eigenvalue weighted by Crippen LogP contribution is -2.49. The average molecular weight is 583 g/mol. The van der Waals surface area contributed by atoms with Gasteiger partial charge in [-0.1, -0.05) is 26.7 Å². The van der Waals surface area contributed by atoms with Gasteiger partial charge in [-0.25, -0.2) is 19.6 Å². The Balaban J connectivity index is 1.33. The Labute approximate surface area is 244 Å². The van der Waals surface area contributed by atoms with Gasteiger partial charge < -0.3 is 34.7 Å². The molecule has 1 aliphatic carbocycles. The molecular formula is C30H38N4O8. The Hall–Kier alpha value is -4.11. The van der Waals surface area contributed by atoms with E-state index in [9.17, 15) is 19.5 Å². The molecule has 5 atom stereocenters. The Morgan fingerprint density at radius 3 is 2.64 bits per heavy atom. The highest BCUT2D eigenvalue weighted by molar-refractivity contribution is 5.81. The van der Waals surface area contributed by atoms with Crippen molar-refractivity contribution < 1.29 is 38.4 Å². The second-order valence-electron chi connectivity index (χ2n) is 11.6. The van der Waals surface area contributed by atoms with Crippen molar-refractivity contribution in [1.82, 2.24) is 20.6 Å². The van der Waals surface area contributed by atoms with Gasteiger partial charge in [0.15, 0.2) is 5.69 Å². The SMILES string of the molecule is COC(=O)[C@@H]1C[C@@H](Oc2nc3cc(OC)ccc3nc2C#CCCC[C@@H]2C[C@H]2OC(=O)N[C@H](C(=O)O)C(C)(C)C)CN1. The molecule has 1 amide bonds. The maximum atomic E-state index is 12.2. The van der Waals surface area contributed by atoms with Gasteiger partial charge in [0.05, 0.1) is 25.3 Å². The summed E-state index contributed by atoms with van der Waals surface area (Å²) >= 11 is 0. The fraction of sp³-hybridized carbons (Fsp3) is 0.567. The molecule has 0 radical (unpaired) electrons. The molecular weight excluding hydrogens is 544 g/mol. The third kappa shape index (κ3) is 8.00. The van der Waals surface area contributed by atoms with Crippen LogP contribution in [0.2, 0.25) is 0 Å². The van der Waals surface area contributed by atoms with E-state index in [2.05, 4.69) is 32.4 Å². The van der Waals surface area contributed by atoms with E-state index in [1.807, 2.05) is 6.07 Å². The van der Waals surface area contributed by atoms with Gasteiger partial charge in [-0.2, -0.15) is 0 Å². The van der Waals surface area contributed by atoms with Gasteiger partial charge in [-0.15, -0.1) is 0 Å². The smallest absolute Gasteiger partial charge is 0.408 e. The summed E-state index contributed by atoms with van der Waals surface area (Å²) in [5, 5.41) is 14.9. The van der Waals surface area contributed by atoms with Crippen molar-refractivity contribution in [2.75, 3.05) is 20.8 Å². The quantitative estimate of drug-likeness (QED) is 0.215. The predicted octanol–water partition coefficient (Wildman–Crippen LogP) is 3.06. The van der Waals surface area contributed by atoms with E-state index in [4.69, 9.17) is 18.9 Å². The number of ether oxygens (including phenoxy) is 4. The zero-order chi connectivity index (χ0) is 30.4. The van der Waals surface area contributed by atoms with Gasteiger partial charge in [-0.3, -0.25) is 4.79 Å². The molecule has 2 heterocycles. The number of carbonyl (C=O) groups excluding carboxylic acids is 2. The number of benzene rings is 1. The van der Waals surface area contributed by atoms with E-state index in [1.165, 1.54) is 7.11 Å². The minimum absolute atomic E-state index is 0.218. The lowest BCUT2D eigenvalue weighted by Gasteiger charge is -2.27. The van der Waals surface area contributed by atoms with Crippen LogP contribution in [0.4, 0.5) is 4.79 Å². The molecule has 2 fully saturated rings. The van der Waals surface area contributed by atoms with E-state index >= 15 is 0 Å². The van der Waals surface area contributed by atoms with Crippen molar-refractivity contribution in [3.8, 4) is 23.5 Å². The normalized spacial score (nSPS) is 21.9. The second kappa shape index (κ2) is 13.2. The first kappa shape index (κ1) is 30.8. The van der Waals surface area contributed by atoms with Crippen LogP contribution in [0.1, 0.15) is 58.6 Å². The summed E-state index contributed by atoms with van der Waals surface area (Å²) < 4.78 is 21.7. The average Bonchev–Trinajstić information content (AvgIpc) is 3.50. The van der Waals surface area contributed by atoms with E-state index in [1.54, 1.807) is 40.0 Å². The number of rotatable bonds is 10. The van der Waals surface area contributed by atoms with Crippen LogP contribution in [0.5, 0.6) is 11.6 Å². The molecule has 226 valence electrons. The molecule has 0 unspecified atom stereocenters. The molecule has 1 saturated carbocycles. The van der Waals surface area contributed by atoms with Crippen molar-refractivity contribution in [2.45, 2.75) is 77.2 Å². The van der Waals surface area contributed by atoms with Crippen molar-refractivity contribution >= 4 is 29.1 Å². The number of fused-ring (bicyclic) bond motifs is 1. The van der Waals surface area contributed by atoms with E-state index in [0.29, 0.717) is 41.9 Å². The van der Waals surface area contributed by atoms with E-state index < -0.39 is 29.6 Å². The van der Waals surface area contributed by atoms with Crippen LogP contribution in [-0.4, -0.2) is 78.2 Å². The predicted molar refractivity (Wildman–Crippen MR) is 152 cm³/mol. The maximum absolute atomic E-state index is 12.2. The van der Waals surface area contributed by atoms with Gasteiger partial charge in [0.2, 0.25) is 5.88 Å². The van der Waals surface area contributed by atoms with Gasteiger partial charge in [-0.05, 0) is 48.6 Å². The first-order valence-corrected chi connectivity index (χ1v) is 14.0. The first-order chi connectivity index (χ1) is 20.0. The fourth-order valence-electron chi connectivity index (χ4n) is 4.79. The molecule has 42 heavy (non-hydrogen) atoms. The summed E-state index contributed by atoms with van der Waals surface area (Å²) in [6, 6.07) is 3.91. The third-order valence-electron chi connectivity index (χ3n) is 7.27. The number of amides is 1. The summed E-state index contributed by atoms with van der Waals surface area (Å²) in [5.74, 6) is 5.97. The van der Waals surface area contributed by atoms with Crippen LogP contribution < -0.4 is 20.1 Å².